The number of nitrogens with one attached hydrogen (secondary N) is 1. The Kier molecular flexibility index (Phi) is 4.76. The van der Waals surface area contributed by atoms with Crippen LogP contribution in [0, 0.1) is 0 Å². The van der Waals surface area contributed by atoms with Gasteiger partial charge in [-0.3, -0.25) is 4.79 Å². The van der Waals surface area contributed by atoms with Gasteiger partial charge in [0.1, 0.15) is 10.7 Å². The van der Waals surface area contributed by atoms with Gasteiger partial charge in [0.2, 0.25) is 0 Å². The number of likely N-dealkylation sites (N-methyl/N-ethyl adjacent to an activating group) is 1. The van der Waals surface area contributed by atoms with Crippen molar-refractivity contribution in [3.63, 3.8) is 0 Å². The molecule has 1 aromatic heterocycles. The SMILES string of the molecule is CNCC1CCCN1C(=O)c1csc(-c2ccc(Cl)cc2)n1. The molecule has 116 valence electrons. The Labute approximate surface area is 139 Å². The first kappa shape index (κ1) is 15.5. The lowest BCUT2D eigenvalue weighted by molar-refractivity contribution is 0.0732. The third-order valence-corrected chi connectivity index (χ3v) is 5.04. The summed E-state index contributed by atoms with van der Waals surface area (Å²) in [4.78, 5) is 19.1. The van der Waals surface area contributed by atoms with Crippen LogP contribution in [-0.4, -0.2) is 42.0 Å². The maximum absolute atomic E-state index is 12.7. The lowest BCUT2D eigenvalue weighted by Gasteiger charge is -2.23. The molecule has 0 radical (unpaired) electrons. The minimum atomic E-state index is 0.0363. The fourth-order valence-corrected chi connectivity index (χ4v) is 3.72. The number of amides is 1. The molecule has 1 saturated heterocycles. The number of thiazole rings is 1. The van der Waals surface area contributed by atoms with E-state index in [0.29, 0.717) is 10.7 Å². The summed E-state index contributed by atoms with van der Waals surface area (Å²) in [6, 6.07) is 7.80. The molecule has 0 spiro atoms. The third kappa shape index (κ3) is 3.16. The van der Waals surface area contributed by atoms with Gasteiger partial charge in [-0.15, -0.1) is 11.3 Å². The van der Waals surface area contributed by atoms with Crippen LogP contribution in [0.4, 0.5) is 0 Å². The van der Waals surface area contributed by atoms with E-state index in [4.69, 9.17) is 11.6 Å². The number of hydrogen-bond acceptors (Lipinski definition) is 4. The highest BCUT2D eigenvalue weighted by Crippen LogP contribution is 2.27. The van der Waals surface area contributed by atoms with E-state index in [1.54, 1.807) is 0 Å². The monoisotopic (exact) mass is 335 g/mol. The Hall–Kier alpha value is -1.43. The van der Waals surface area contributed by atoms with Crippen molar-refractivity contribution in [2.75, 3.05) is 20.1 Å². The van der Waals surface area contributed by atoms with Gasteiger partial charge in [-0.05, 0) is 32.0 Å². The average molecular weight is 336 g/mol. The van der Waals surface area contributed by atoms with E-state index in [1.165, 1.54) is 11.3 Å². The second kappa shape index (κ2) is 6.77. The number of carbonyl (C=O) groups is 1. The minimum Gasteiger partial charge on any atom is -0.333 e. The van der Waals surface area contributed by atoms with Crippen LogP contribution in [0.25, 0.3) is 10.6 Å². The molecule has 1 aliphatic heterocycles. The quantitative estimate of drug-likeness (QED) is 0.932. The predicted octanol–water partition coefficient (Wildman–Crippen LogP) is 3.29. The van der Waals surface area contributed by atoms with Gasteiger partial charge in [-0.1, -0.05) is 23.7 Å². The van der Waals surface area contributed by atoms with Crippen molar-refractivity contribution in [1.82, 2.24) is 15.2 Å². The minimum absolute atomic E-state index is 0.0363. The van der Waals surface area contributed by atoms with E-state index < -0.39 is 0 Å². The molecule has 1 N–H and O–H groups in total. The maximum Gasteiger partial charge on any atom is 0.273 e. The van der Waals surface area contributed by atoms with E-state index in [-0.39, 0.29) is 11.9 Å². The highest BCUT2D eigenvalue weighted by molar-refractivity contribution is 7.13. The van der Waals surface area contributed by atoms with Crippen molar-refractivity contribution in [2.24, 2.45) is 0 Å². The molecule has 1 aliphatic rings. The number of carbonyl (C=O) groups excluding carboxylic acids is 1. The molecule has 0 bridgehead atoms. The number of nitrogens with zero attached hydrogens (tertiary/aromatic N) is 2. The molecule has 1 aromatic carbocycles. The number of hydrogen-bond donors (Lipinski definition) is 1. The van der Waals surface area contributed by atoms with Gasteiger partial charge in [-0.25, -0.2) is 4.98 Å². The normalized spacial score (nSPS) is 17.9. The van der Waals surface area contributed by atoms with E-state index in [0.717, 1.165) is 36.5 Å². The largest absolute Gasteiger partial charge is 0.333 e. The molecule has 2 aromatic rings. The molecule has 3 rings (SSSR count). The summed E-state index contributed by atoms with van der Waals surface area (Å²) < 4.78 is 0. The van der Waals surface area contributed by atoms with Gasteiger partial charge in [-0.2, -0.15) is 0 Å². The summed E-state index contributed by atoms with van der Waals surface area (Å²) >= 11 is 7.40. The summed E-state index contributed by atoms with van der Waals surface area (Å²) in [5, 5.41) is 6.56. The van der Waals surface area contributed by atoms with Crippen LogP contribution in [-0.2, 0) is 0 Å². The molecule has 2 heterocycles. The highest BCUT2D eigenvalue weighted by Gasteiger charge is 2.30. The predicted molar refractivity (Wildman–Crippen MR) is 90.5 cm³/mol. The van der Waals surface area contributed by atoms with Gasteiger partial charge in [0, 0.05) is 35.1 Å². The molecule has 22 heavy (non-hydrogen) atoms. The molecule has 1 unspecified atom stereocenters. The Morgan fingerprint density at radius 3 is 2.95 bits per heavy atom. The first-order valence-electron chi connectivity index (χ1n) is 7.36. The number of rotatable bonds is 4. The van der Waals surface area contributed by atoms with Crippen LogP contribution in [0.1, 0.15) is 23.3 Å². The molecule has 0 aliphatic carbocycles. The lowest BCUT2D eigenvalue weighted by atomic mass is 10.2. The molecular formula is C16H18ClN3OS. The van der Waals surface area contributed by atoms with Gasteiger partial charge < -0.3 is 10.2 Å². The summed E-state index contributed by atoms with van der Waals surface area (Å²) in [5.41, 5.74) is 1.53. The molecule has 0 saturated carbocycles. The van der Waals surface area contributed by atoms with Crippen LogP contribution in [0.3, 0.4) is 0 Å². The van der Waals surface area contributed by atoms with E-state index in [9.17, 15) is 4.79 Å². The van der Waals surface area contributed by atoms with Crippen LogP contribution < -0.4 is 5.32 Å². The van der Waals surface area contributed by atoms with Crippen molar-refractivity contribution in [3.05, 3.63) is 40.4 Å². The number of halogens is 1. The van der Waals surface area contributed by atoms with Crippen molar-refractivity contribution in [3.8, 4) is 10.6 Å². The molecule has 1 atom stereocenters. The highest BCUT2D eigenvalue weighted by atomic mass is 35.5. The Balaban J connectivity index is 1.78. The van der Waals surface area contributed by atoms with Crippen LogP contribution in [0.5, 0.6) is 0 Å². The molecular weight excluding hydrogens is 318 g/mol. The fraction of sp³-hybridized carbons (Fsp3) is 0.375. The van der Waals surface area contributed by atoms with Crippen LogP contribution in [0.2, 0.25) is 5.02 Å². The maximum atomic E-state index is 12.7. The van der Waals surface area contributed by atoms with Gasteiger partial charge in [0.15, 0.2) is 0 Å². The standard InChI is InChI=1S/C16H18ClN3OS/c1-18-9-13-3-2-8-20(13)16(21)14-10-22-15(19-14)11-4-6-12(17)7-5-11/h4-7,10,13,18H,2-3,8-9H2,1H3. The molecule has 6 heteroatoms. The number of likely N-dealkylation sites (tertiary alicyclic amines) is 1. The van der Waals surface area contributed by atoms with Gasteiger partial charge in [0.25, 0.3) is 5.91 Å². The lowest BCUT2D eigenvalue weighted by Crippen LogP contribution is -2.40. The average Bonchev–Trinajstić information content (AvgIpc) is 3.17. The second-order valence-electron chi connectivity index (χ2n) is 5.40. The fourth-order valence-electron chi connectivity index (χ4n) is 2.80. The summed E-state index contributed by atoms with van der Waals surface area (Å²) in [7, 11) is 1.92. The van der Waals surface area contributed by atoms with E-state index in [1.807, 2.05) is 41.6 Å². The first-order chi connectivity index (χ1) is 10.7. The molecule has 1 amide bonds. The topological polar surface area (TPSA) is 45.2 Å². The Bertz CT molecular complexity index is 656. The van der Waals surface area contributed by atoms with E-state index in [2.05, 4.69) is 10.3 Å². The summed E-state index contributed by atoms with van der Waals surface area (Å²) in [6.45, 7) is 1.65. The summed E-state index contributed by atoms with van der Waals surface area (Å²) in [5.74, 6) is 0.0363. The van der Waals surface area contributed by atoms with Crippen molar-refractivity contribution < 1.29 is 4.79 Å². The zero-order valence-corrected chi connectivity index (χ0v) is 14.0. The smallest absolute Gasteiger partial charge is 0.273 e. The third-order valence-electron chi connectivity index (χ3n) is 3.89. The Morgan fingerprint density at radius 2 is 2.23 bits per heavy atom. The van der Waals surface area contributed by atoms with Crippen LogP contribution in [0.15, 0.2) is 29.6 Å². The first-order valence-corrected chi connectivity index (χ1v) is 8.62. The van der Waals surface area contributed by atoms with Crippen LogP contribution >= 0.6 is 22.9 Å². The molecule has 4 nitrogen and oxygen atoms in total. The van der Waals surface area contributed by atoms with Gasteiger partial charge in [0.05, 0.1) is 0 Å². The zero-order chi connectivity index (χ0) is 15.5. The number of aromatic nitrogens is 1. The summed E-state index contributed by atoms with van der Waals surface area (Å²) in [6.07, 6.45) is 2.12. The second-order valence-corrected chi connectivity index (χ2v) is 6.69. The van der Waals surface area contributed by atoms with E-state index >= 15 is 0 Å². The van der Waals surface area contributed by atoms with Crippen molar-refractivity contribution >= 4 is 28.8 Å². The van der Waals surface area contributed by atoms with Gasteiger partial charge >= 0.3 is 0 Å². The van der Waals surface area contributed by atoms with Crippen molar-refractivity contribution in [2.45, 2.75) is 18.9 Å². The zero-order valence-electron chi connectivity index (χ0n) is 12.4. The van der Waals surface area contributed by atoms with Crippen molar-refractivity contribution in [1.29, 1.82) is 0 Å². The Morgan fingerprint density at radius 1 is 1.45 bits per heavy atom. The molecule has 1 fully saturated rings. The number of benzene rings is 1.